The van der Waals surface area contributed by atoms with Gasteiger partial charge in [0, 0.05) is 27.6 Å². The number of thiophene rings is 1. The molecule has 126 valence electrons. The van der Waals surface area contributed by atoms with Crippen LogP contribution in [0.25, 0.3) is 16.2 Å². The lowest BCUT2D eigenvalue weighted by Crippen LogP contribution is -2.20. The van der Waals surface area contributed by atoms with Crippen LogP contribution in [-0.2, 0) is 11.3 Å². The topological polar surface area (TPSA) is 47.6 Å². The van der Waals surface area contributed by atoms with Gasteiger partial charge in [0.2, 0.25) is 12.7 Å². The molecule has 0 atom stereocenters. The third kappa shape index (κ3) is 3.34. The van der Waals surface area contributed by atoms with Crippen molar-refractivity contribution in [1.29, 1.82) is 0 Å². The highest BCUT2D eigenvalue weighted by atomic mass is 35.5. The van der Waals surface area contributed by atoms with E-state index in [0.717, 1.165) is 26.3 Å². The van der Waals surface area contributed by atoms with Gasteiger partial charge in [0.1, 0.15) is 0 Å². The van der Waals surface area contributed by atoms with Gasteiger partial charge < -0.3 is 14.8 Å². The van der Waals surface area contributed by atoms with E-state index in [-0.39, 0.29) is 12.7 Å². The highest BCUT2D eigenvalue weighted by Crippen LogP contribution is 2.36. The molecule has 0 saturated heterocycles. The minimum absolute atomic E-state index is 0.175. The molecule has 1 aromatic heterocycles. The quantitative estimate of drug-likeness (QED) is 0.681. The van der Waals surface area contributed by atoms with Gasteiger partial charge in [0.05, 0.1) is 5.02 Å². The van der Waals surface area contributed by atoms with E-state index in [1.165, 1.54) is 6.08 Å². The lowest BCUT2D eigenvalue weighted by molar-refractivity contribution is -0.116. The van der Waals surface area contributed by atoms with Crippen molar-refractivity contribution in [2.24, 2.45) is 0 Å². The van der Waals surface area contributed by atoms with Crippen molar-refractivity contribution in [1.82, 2.24) is 5.32 Å². The van der Waals surface area contributed by atoms with Crippen LogP contribution < -0.4 is 14.8 Å². The van der Waals surface area contributed by atoms with Gasteiger partial charge in [-0.25, -0.2) is 0 Å². The van der Waals surface area contributed by atoms with Crippen LogP contribution in [0.1, 0.15) is 10.4 Å². The number of hydrogen-bond acceptors (Lipinski definition) is 4. The number of amides is 1. The van der Waals surface area contributed by atoms with Crippen molar-refractivity contribution in [3.63, 3.8) is 0 Å². The van der Waals surface area contributed by atoms with E-state index in [1.54, 1.807) is 17.4 Å². The Balaban J connectivity index is 1.41. The average Bonchev–Trinajstić information content (AvgIpc) is 3.22. The zero-order valence-corrected chi connectivity index (χ0v) is 14.7. The first-order valence-corrected chi connectivity index (χ1v) is 8.91. The van der Waals surface area contributed by atoms with Gasteiger partial charge in [0.25, 0.3) is 0 Å². The van der Waals surface area contributed by atoms with Crippen LogP contribution >= 0.6 is 22.9 Å². The predicted molar refractivity (Wildman–Crippen MR) is 100 cm³/mol. The number of hydrogen-bond donors (Lipinski definition) is 1. The SMILES string of the molecule is O=C(/C=C/c1sc2ccccc2c1Cl)NCc1ccc2c(c1)OCO2. The molecule has 0 saturated carbocycles. The Morgan fingerprint density at radius 1 is 1.20 bits per heavy atom. The van der Waals surface area contributed by atoms with Crippen molar-refractivity contribution in [3.8, 4) is 11.5 Å². The highest BCUT2D eigenvalue weighted by Gasteiger charge is 2.13. The summed E-state index contributed by atoms with van der Waals surface area (Å²) in [6, 6.07) is 13.5. The molecule has 1 amide bonds. The number of nitrogens with one attached hydrogen (secondary N) is 1. The number of rotatable bonds is 4. The first-order valence-electron chi connectivity index (χ1n) is 7.72. The number of benzene rings is 2. The van der Waals surface area contributed by atoms with Crippen LogP contribution in [0.15, 0.2) is 48.5 Å². The monoisotopic (exact) mass is 371 g/mol. The number of fused-ring (bicyclic) bond motifs is 2. The summed E-state index contributed by atoms with van der Waals surface area (Å²) in [7, 11) is 0. The largest absolute Gasteiger partial charge is 0.454 e. The minimum Gasteiger partial charge on any atom is -0.454 e. The fraction of sp³-hybridized carbons (Fsp3) is 0.105. The number of carbonyl (C=O) groups excluding carboxylic acids is 1. The second-order valence-electron chi connectivity index (χ2n) is 5.52. The number of ether oxygens (including phenoxy) is 2. The molecule has 0 bridgehead atoms. The van der Waals surface area contributed by atoms with Crippen LogP contribution in [0, 0.1) is 0 Å². The molecule has 0 spiro atoms. The molecule has 0 aliphatic carbocycles. The summed E-state index contributed by atoms with van der Waals surface area (Å²) in [6.07, 6.45) is 3.26. The first kappa shape index (κ1) is 16.0. The standard InChI is InChI=1S/C19H14ClNO3S/c20-19-13-3-1-2-4-16(13)25-17(19)7-8-18(22)21-10-12-5-6-14-15(9-12)24-11-23-14/h1-9H,10-11H2,(H,21,22)/b8-7+. The van der Waals surface area contributed by atoms with Crippen LogP contribution in [0.4, 0.5) is 0 Å². The molecule has 3 aromatic rings. The van der Waals surface area contributed by atoms with E-state index in [1.807, 2.05) is 42.5 Å². The smallest absolute Gasteiger partial charge is 0.244 e. The average molecular weight is 372 g/mol. The second kappa shape index (κ2) is 6.78. The van der Waals surface area contributed by atoms with Crippen molar-refractivity contribution in [2.45, 2.75) is 6.54 Å². The molecule has 4 nitrogen and oxygen atoms in total. The van der Waals surface area contributed by atoms with Crippen molar-refractivity contribution >= 4 is 45.0 Å². The molecule has 1 aliphatic heterocycles. The normalized spacial score (nSPS) is 12.8. The molecule has 2 aromatic carbocycles. The molecule has 2 heterocycles. The Bertz CT molecular complexity index is 980. The Labute approximate surface area is 153 Å². The summed E-state index contributed by atoms with van der Waals surface area (Å²) in [5.41, 5.74) is 0.950. The molecule has 1 aliphatic rings. The van der Waals surface area contributed by atoms with Gasteiger partial charge >= 0.3 is 0 Å². The van der Waals surface area contributed by atoms with Crippen LogP contribution in [-0.4, -0.2) is 12.7 Å². The fourth-order valence-corrected chi connectivity index (χ4v) is 3.99. The zero-order valence-electron chi connectivity index (χ0n) is 13.1. The Morgan fingerprint density at radius 2 is 2.04 bits per heavy atom. The summed E-state index contributed by atoms with van der Waals surface area (Å²) < 4.78 is 11.7. The number of halogens is 1. The molecule has 0 unspecified atom stereocenters. The molecule has 6 heteroatoms. The summed E-state index contributed by atoms with van der Waals surface area (Å²) in [5.74, 6) is 1.26. The maximum absolute atomic E-state index is 12.1. The minimum atomic E-state index is -0.175. The van der Waals surface area contributed by atoms with E-state index in [0.29, 0.717) is 17.3 Å². The van der Waals surface area contributed by atoms with E-state index < -0.39 is 0 Å². The molecule has 0 fully saturated rings. The maximum atomic E-state index is 12.1. The second-order valence-corrected chi connectivity index (χ2v) is 6.98. The van der Waals surface area contributed by atoms with Crippen molar-refractivity contribution in [2.75, 3.05) is 6.79 Å². The summed E-state index contributed by atoms with van der Waals surface area (Å²) in [5, 5.41) is 4.54. The van der Waals surface area contributed by atoms with Gasteiger partial charge in [-0.1, -0.05) is 35.9 Å². The molecular formula is C19H14ClNO3S. The summed E-state index contributed by atoms with van der Waals surface area (Å²) in [4.78, 5) is 12.9. The van der Waals surface area contributed by atoms with E-state index in [4.69, 9.17) is 21.1 Å². The molecule has 0 radical (unpaired) electrons. The predicted octanol–water partition coefficient (Wildman–Crippen LogP) is 4.61. The van der Waals surface area contributed by atoms with Crippen LogP contribution in [0.3, 0.4) is 0 Å². The van der Waals surface area contributed by atoms with Gasteiger partial charge in [0.15, 0.2) is 11.5 Å². The Kier molecular flexibility index (Phi) is 4.34. The zero-order chi connectivity index (χ0) is 17.2. The van der Waals surface area contributed by atoms with Gasteiger partial charge in [-0.2, -0.15) is 0 Å². The first-order chi connectivity index (χ1) is 12.2. The molecule has 1 N–H and O–H groups in total. The molecule has 4 rings (SSSR count). The molecule has 25 heavy (non-hydrogen) atoms. The van der Waals surface area contributed by atoms with E-state index in [9.17, 15) is 4.79 Å². The van der Waals surface area contributed by atoms with E-state index in [2.05, 4.69) is 5.32 Å². The number of carbonyl (C=O) groups is 1. The van der Waals surface area contributed by atoms with Gasteiger partial charge in [-0.15, -0.1) is 11.3 Å². The van der Waals surface area contributed by atoms with Crippen LogP contribution in [0.5, 0.6) is 11.5 Å². The Morgan fingerprint density at radius 3 is 2.92 bits per heavy atom. The lowest BCUT2D eigenvalue weighted by Gasteiger charge is -2.04. The highest BCUT2D eigenvalue weighted by molar-refractivity contribution is 7.20. The Hall–Kier alpha value is -2.50. The van der Waals surface area contributed by atoms with Crippen LogP contribution in [0.2, 0.25) is 5.02 Å². The van der Waals surface area contributed by atoms with E-state index >= 15 is 0 Å². The molecular weight excluding hydrogens is 358 g/mol. The lowest BCUT2D eigenvalue weighted by atomic mass is 10.2. The fourth-order valence-electron chi connectivity index (χ4n) is 2.59. The van der Waals surface area contributed by atoms with Crippen molar-refractivity contribution < 1.29 is 14.3 Å². The summed E-state index contributed by atoms with van der Waals surface area (Å²) in [6.45, 7) is 0.657. The van der Waals surface area contributed by atoms with Gasteiger partial charge in [-0.05, 0) is 29.8 Å². The third-order valence-electron chi connectivity index (χ3n) is 3.85. The maximum Gasteiger partial charge on any atom is 0.244 e. The summed E-state index contributed by atoms with van der Waals surface area (Å²) >= 11 is 7.93. The third-order valence-corrected chi connectivity index (χ3v) is 5.50. The van der Waals surface area contributed by atoms with Crippen molar-refractivity contribution in [3.05, 3.63) is 64.0 Å². The van der Waals surface area contributed by atoms with Gasteiger partial charge in [-0.3, -0.25) is 4.79 Å².